The highest BCUT2D eigenvalue weighted by atomic mass is 32.2. The molecule has 17 heavy (non-hydrogen) atoms. The van der Waals surface area contributed by atoms with Gasteiger partial charge in [0.25, 0.3) is 10.0 Å². The van der Waals surface area contributed by atoms with Crippen LogP contribution in [0, 0.1) is 6.92 Å². The number of aliphatic hydroxyl groups excluding tert-OH is 1. The first kappa shape index (κ1) is 12.6. The minimum atomic E-state index is -3.55. The smallest absolute Gasteiger partial charge is 0.274 e. The highest BCUT2D eigenvalue weighted by molar-refractivity contribution is 7.89. The van der Waals surface area contributed by atoms with Crippen molar-refractivity contribution >= 4 is 10.0 Å². The lowest BCUT2D eigenvalue weighted by atomic mass is 9.94. The largest absolute Gasteiger partial charge is 0.449 e. The van der Waals surface area contributed by atoms with Crippen molar-refractivity contribution < 1.29 is 17.9 Å². The van der Waals surface area contributed by atoms with Gasteiger partial charge in [-0.15, -0.1) is 0 Å². The molecule has 1 aliphatic rings. The van der Waals surface area contributed by atoms with E-state index in [1.807, 2.05) is 0 Å². The molecule has 1 heterocycles. The molecule has 1 aromatic rings. The summed E-state index contributed by atoms with van der Waals surface area (Å²) in [5.74, 6) is 0.574. The first-order chi connectivity index (χ1) is 7.97. The number of hydrogen-bond acceptors (Lipinski definition) is 4. The minimum absolute atomic E-state index is 0.0406. The summed E-state index contributed by atoms with van der Waals surface area (Å²) in [7, 11) is -3.55. The molecule has 0 saturated heterocycles. The van der Waals surface area contributed by atoms with Crippen molar-refractivity contribution in [1.29, 1.82) is 0 Å². The van der Waals surface area contributed by atoms with Gasteiger partial charge in [-0.25, -0.2) is 13.1 Å². The third-order valence-electron chi connectivity index (χ3n) is 3.00. The van der Waals surface area contributed by atoms with E-state index in [0.717, 1.165) is 0 Å². The lowest BCUT2D eigenvalue weighted by Crippen LogP contribution is -2.38. The van der Waals surface area contributed by atoms with E-state index < -0.39 is 10.0 Å². The fourth-order valence-electron chi connectivity index (χ4n) is 2.03. The Hall–Kier alpha value is -0.850. The van der Waals surface area contributed by atoms with E-state index in [-0.39, 0.29) is 17.2 Å². The van der Waals surface area contributed by atoms with E-state index in [0.29, 0.717) is 31.4 Å². The standard InChI is InChI=1S/C11H17NO4S/c1-8-2-7-11(16-8)17(14,15)12-9-3-5-10(13)6-4-9/h2,7,9-10,12-13H,3-6H2,1H3. The zero-order valence-electron chi connectivity index (χ0n) is 9.72. The number of aliphatic hydroxyl groups is 1. The van der Waals surface area contributed by atoms with Crippen molar-refractivity contribution in [1.82, 2.24) is 4.72 Å². The second-order valence-corrected chi connectivity index (χ2v) is 6.14. The molecule has 1 fully saturated rings. The molecule has 0 amide bonds. The van der Waals surface area contributed by atoms with Gasteiger partial charge in [-0.3, -0.25) is 0 Å². The summed E-state index contributed by atoms with van der Waals surface area (Å²) in [6, 6.07) is 2.97. The highest BCUT2D eigenvalue weighted by Gasteiger charge is 2.26. The molecule has 0 radical (unpaired) electrons. The number of furan rings is 1. The molecular formula is C11H17NO4S. The number of sulfonamides is 1. The van der Waals surface area contributed by atoms with E-state index in [1.54, 1.807) is 13.0 Å². The third kappa shape index (κ3) is 3.08. The van der Waals surface area contributed by atoms with Crippen LogP contribution in [0.2, 0.25) is 0 Å². The van der Waals surface area contributed by atoms with Gasteiger partial charge in [-0.05, 0) is 44.7 Å². The van der Waals surface area contributed by atoms with Crippen molar-refractivity contribution in [2.45, 2.75) is 49.8 Å². The van der Waals surface area contributed by atoms with Gasteiger partial charge in [0.1, 0.15) is 5.76 Å². The topological polar surface area (TPSA) is 79.5 Å². The molecule has 0 aromatic carbocycles. The van der Waals surface area contributed by atoms with Gasteiger partial charge >= 0.3 is 0 Å². The van der Waals surface area contributed by atoms with Gasteiger partial charge in [-0.2, -0.15) is 0 Å². The van der Waals surface area contributed by atoms with E-state index in [1.165, 1.54) is 6.07 Å². The van der Waals surface area contributed by atoms with Crippen molar-refractivity contribution in [3.63, 3.8) is 0 Å². The Bertz CT molecular complexity index is 471. The average Bonchev–Trinajstić information content (AvgIpc) is 2.69. The Kier molecular flexibility index (Phi) is 3.56. The molecule has 0 atom stereocenters. The molecule has 1 aliphatic carbocycles. The number of rotatable bonds is 3. The molecule has 0 aliphatic heterocycles. The normalized spacial score (nSPS) is 26.0. The van der Waals surface area contributed by atoms with Gasteiger partial charge in [0.05, 0.1) is 6.10 Å². The summed E-state index contributed by atoms with van der Waals surface area (Å²) in [5, 5.41) is 9.31. The first-order valence-corrected chi connectivity index (χ1v) is 7.22. The molecule has 6 heteroatoms. The zero-order chi connectivity index (χ0) is 12.5. The number of nitrogens with one attached hydrogen (secondary N) is 1. The Balaban J connectivity index is 2.03. The predicted molar refractivity (Wildman–Crippen MR) is 62.0 cm³/mol. The monoisotopic (exact) mass is 259 g/mol. The Labute approximate surface area is 101 Å². The second-order valence-electron chi connectivity index (χ2n) is 4.49. The lowest BCUT2D eigenvalue weighted by Gasteiger charge is -2.25. The maximum atomic E-state index is 11.9. The minimum Gasteiger partial charge on any atom is -0.449 e. The Morgan fingerprint density at radius 3 is 2.47 bits per heavy atom. The number of hydrogen-bond donors (Lipinski definition) is 2. The SMILES string of the molecule is Cc1ccc(S(=O)(=O)NC2CCC(O)CC2)o1. The van der Waals surface area contributed by atoms with Gasteiger partial charge < -0.3 is 9.52 Å². The summed E-state index contributed by atoms with van der Waals surface area (Å²) in [6.45, 7) is 1.70. The van der Waals surface area contributed by atoms with Crippen LogP contribution in [0.1, 0.15) is 31.4 Å². The molecule has 2 N–H and O–H groups in total. The van der Waals surface area contributed by atoms with Gasteiger partial charge in [0.2, 0.25) is 5.09 Å². The van der Waals surface area contributed by atoms with Gasteiger partial charge in [-0.1, -0.05) is 0 Å². The Morgan fingerprint density at radius 1 is 1.29 bits per heavy atom. The van der Waals surface area contributed by atoms with Crippen LogP contribution in [-0.4, -0.2) is 25.7 Å². The summed E-state index contributed by atoms with van der Waals surface area (Å²) >= 11 is 0. The predicted octanol–water partition coefficient (Wildman–Crippen LogP) is 1.17. The molecule has 1 aromatic heterocycles. The summed E-state index contributed by atoms with van der Waals surface area (Å²) < 4.78 is 31.6. The maximum Gasteiger partial charge on any atom is 0.274 e. The van der Waals surface area contributed by atoms with Crippen LogP contribution in [0.25, 0.3) is 0 Å². The lowest BCUT2D eigenvalue weighted by molar-refractivity contribution is 0.120. The molecule has 2 rings (SSSR count). The molecule has 96 valence electrons. The second kappa shape index (κ2) is 4.80. The molecule has 0 bridgehead atoms. The average molecular weight is 259 g/mol. The van der Waals surface area contributed by atoms with Crippen LogP contribution in [0.4, 0.5) is 0 Å². The summed E-state index contributed by atoms with van der Waals surface area (Å²) in [5.41, 5.74) is 0. The molecule has 1 saturated carbocycles. The first-order valence-electron chi connectivity index (χ1n) is 5.74. The molecule has 0 unspecified atom stereocenters. The van der Waals surface area contributed by atoms with Crippen LogP contribution in [0.15, 0.2) is 21.6 Å². The van der Waals surface area contributed by atoms with Gasteiger partial charge in [0, 0.05) is 6.04 Å². The van der Waals surface area contributed by atoms with E-state index >= 15 is 0 Å². The fourth-order valence-corrected chi connectivity index (χ4v) is 3.31. The highest BCUT2D eigenvalue weighted by Crippen LogP contribution is 2.21. The Morgan fingerprint density at radius 2 is 1.94 bits per heavy atom. The third-order valence-corrected chi connectivity index (χ3v) is 4.39. The van der Waals surface area contributed by atoms with Crippen molar-refractivity contribution in [2.24, 2.45) is 0 Å². The van der Waals surface area contributed by atoms with E-state index in [2.05, 4.69) is 4.72 Å². The van der Waals surface area contributed by atoms with Crippen molar-refractivity contribution in [3.8, 4) is 0 Å². The number of aryl methyl sites for hydroxylation is 1. The molecule has 0 spiro atoms. The van der Waals surface area contributed by atoms with Gasteiger partial charge in [0.15, 0.2) is 0 Å². The molecule has 5 nitrogen and oxygen atoms in total. The molecular weight excluding hydrogens is 242 g/mol. The maximum absolute atomic E-state index is 11.9. The zero-order valence-corrected chi connectivity index (χ0v) is 10.5. The van der Waals surface area contributed by atoms with Crippen LogP contribution >= 0.6 is 0 Å². The van der Waals surface area contributed by atoms with Crippen LogP contribution in [0.3, 0.4) is 0 Å². The summed E-state index contributed by atoms with van der Waals surface area (Å²) in [6.07, 6.45) is 2.33. The summed E-state index contributed by atoms with van der Waals surface area (Å²) in [4.78, 5) is 0. The van der Waals surface area contributed by atoms with E-state index in [9.17, 15) is 13.5 Å². The van der Waals surface area contributed by atoms with Crippen LogP contribution < -0.4 is 4.72 Å². The van der Waals surface area contributed by atoms with Crippen LogP contribution in [-0.2, 0) is 10.0 Å². The van der Waals surface area contributed by atoms with Crippen LogP contribution in [0.5, 0.6) is 0 Å². The van der Waals surface area contributed by atoms with Crippen molar-refractivity contribution in [3.05, 3.63) is 17.9 Å². The quantitative estimate of drug-likeness (QED) is 0.854. The van der Waals surface area contributed by atoms with Crippen molar-refractivity contribution in [2.75, 3.05) is 0 Å². The fraction of sp³-hybridized carbons (Fsp3) is 0.636. The van der Waals surface area contributed by atoms with E-state index in [4.69, 9.17) is 4.42 Å².